The minimum absolute atomic E-state index is 0.0678. The highest BCUT2D eigenvalue weighted by atomic mass is 19.1. The van der Waals surface area contributed by atoms with Crippen molar-refractivity contribution in [3.8, 4) is 0 Å². The molecule has 1 saturated carbocycles. The molecule has 2 N–H and O–H groups in total. The summed E-state index contributed by atoms with van der Waals surface area (Å²) in [7, 11) is 0. The maximum absolute atomic E-state index is 13.4. The SMILES string of the molecule is Cc1c(F)cc(F)c(C)c1CCC1(N)CC1. The highest BCUT2D eigenvalue weighted by Crippen LogP contribution is 2.37. The monoisotopic (exact) mass is 225 g/mol. The molecule has 1 aromatic carbocycles. The highest BCUT2D eigenvalue weighted by Gasteiger charge is 2.37. The number of halogens is 2. The van der Waals surface area contributed by atoms with Crippen molar-refractivity contribution in [1.82, 2.24) is 0 Å². The zero-order valence-electron chi connectivity index (χ0n) is 9.74. The van der Waals surface area contributed by atoms with Gasteiger partial charge in [-0.1, -0.05) is 0 Å². The van der Waals surface area contributed by atoms with Crippen molar-refractivity contribution in [2.45, 2.75) is 45.1 Å². The van der Waals surface area contributed by atoms with Crippen LogP contribution in [-0.4, -0.2) is 5.54 Å². The minimum atomic E-state index is -0.458. The summed E-state index contributed by atoms with van der Waals surface area (Å²) >= 11 is 0. The molecule has 2 rings (SSSR count). The Morgan fingerprint density at radius 3 is 2.12 bits per heavy atom. The largest absolute Gasteiger partial charge is 0.325 e. The fraction of sp³-hybridized carbons (Fsp3) is 0.538. The van der Waals surface area contributed by atoms with Gasteiger partial charge in [0.15, 0.2) is 0 Å². The fourth-order valence-electron chi connectivity index (χ4n) is 2.06. The molecule has 0 atom stereocenters. The third-order valence-electron chi connectivity index (χ3n) is 3.64. The fourth-order valence-corrected chi connectivity index (χ4v) is 2.06. The Balaban J connectivity index is 2.24. The second-order valence-electron chi connectivity index (χ2n) is 4.93. The molecule has 0 heterocycles. The predicted molar refractivity (Wildman–Crippen MR) is 60.3 cm³/mol. The van der Waals surface area contributed by atoms with E-state index in [4.69, 9.17) is 5.73 Å². The summed E-state index contributed by atoms with van der Waals surface area (Å²) < 4.78 is 26.8. The van der Waals surface area contributed by atoms with Gasteiger partial charge in [-0.2, -0.15) is 0 Å². The Kier molecular flexibility index (Phi) is 2.74. The normalized spacial score (nSPS) is 17.6. The molecule has 0 spiro atoms. The molecule has 0 radical (unpaired) electrons. The van der Waals surface area contributed by atoms with E-state index < -0.39 is 11.6 Å². The molecule has 0 aliphatic heterocycles. The Bertz CT molecular complexity index is 396. The van der Waals surface area contributed by atoms with Crippen molar-refractivity contribution >= 4 is 0 Å². The summed E-state index contributed by atoms with van der Waals surface area (Å²) in [5.74, 6) is -0.917. The van der Waals surface area contributed by atoms with Crippen molar-refractivity contribution < 1.29 is 8.78 Å². The van der Waals surface area contributed by atoms with Gasteiger partial charge in [0.25, 0.3) is 0 Å². The van der Waals surface area contributed by atoms with Gasteiger partial charge in [0.2, 0.25) is 0 Å². The first-order valence-corrected chi connectivity index (χ1v) is 5.66. The maximum Gasteiger partial charge on any atom is 0.129 e. The molecule has 0 bridgehead atoms. The quantitative estimate of drug-likeness (QED) is 0.840. The van der Waals surface area contributed by atoms with Crippen LogP contribution in [0.4, 0.5) is 8.78 Å². The smallest absolute Gasteiger partial charge is 0.129 e. The highest BCUT2D eigenvalue weighted by molar-refractivity contribution is 5.36. The van der Waals surface area contributed by atoms with Gasteiger partial charge < -0.3 is 5.73 Å². The van der Waals surface area contributed by atoms with Crippen LogP contribution < -0.4 is 5.73 Å². The first kappa shape index (κ1) is 11.5. The van der Waals surface area contributed by atoms with Crippen LogP contribution in [0.1, 0.15) is 36.0 Å². The average Bonchev–Trinajstić information content (AvgIpc) is 2.94. The van der Waals surface area contributed by atoms with E-state index in [9.17, 15) is 8.78 Å². The molecule has 16 heavy (non-hydrogen) atoms. The van der Waals surface area contributed by atoms with Crippen LogP contribution >= 0.6 is 0 Å². The van der Waals surface area contributed by atoms with Crippen molar-refractivity contribution in [1.29, 1.82) is 0 Å². The second kappa shape index (κ2) is 3.81. The molecule has 1 nitrogen and oxygen atoms in total. The zero-order chi connectivity index (χ0) is 11.9. The van der Waals surface area contributed by atoms with E-state index in [2.05, 4.69) is 0 Å². The van der Waals surface area contributed by atoms with Crippen LogP contribution in [0.2, 0.25) is 0 Å². The van der Waals surface area contributed by atoms with Crippen LogP contribution in [0, 0.1) is 25.5 Å². The molecule has 88 valence electrons. The summed E-state index contributed by atoms with van der Waals surface area (Å²) in [6.45, 7) is 3.40. The lowest BCUT2D eigenvalue weighted by Gasteiger charge is -2.14. The molecule has 0 unspecified atom stereocenters. The van der Waals surface area contributed by atoms with Gasteiger partial charge in [-0.15, -0.1) is 0 Å². The summed E-state index contributed by atoms with van der Waals surface area (Å²) in [5.41, 5.74) is 7.82. The third-order valence-corrected chi connectivity index (χ3v) is 3.64. The van der Waals surface area contributed by atoms with Crippen LogP contribution in [-0.2, 0) is 6.42 Å². The van der Waals surface area contributed by atoms with Gasteiger partial charge in [0, 0.05) is 11.6 Å². The van der Waals surface area contributed by atoms with E-state index in [1.807, 2.05) is 0 Å². The van der Waals surface area contributed by atoms with Crippen LogP contribution in [0.25, 0.3) is 0 Å². The van der Waals surface area contributed by atoms with Crippen molar-refractivity contribution in [3.05, 3.63) is 34.4 Å². The Hall–Kier alpha value is -0.960. The van der Waals surface area contributed by atoms with Gasteiger partial charge in [-0.05, 0) is 56.2 Å². The molecular formula is C13H17F2N. The maximum atomic E-state index is 13.4. The molecular weight excluding hydrogens is 208 g/mol. The first-order valence-electron chi connectivity index (χ1n) is 5.66. The Labute approximate surface area is 94.7 Å². The topological polar surface area (TPSA) is 26.0 Å². The van der Waals surface area contributed by atoms with Crippen LogP contribution in [0.3, 0.4) is 0 Å². The average molecular weight is 225 g/mol. The van der Waals surface area contributed by atoms with Crippen molar-refractivity contribution in [3.63, 3.8) is 0 Å². The van der Waals surface area contributed by atoms with E-state index in [0.29, 0.717) is 17.5 Å². The van der Waals surface area contributed by atoms with Crippen LogP contribution in [0.15, 0.2) is 6.07 Å². The molecule has 1 aliphatic carbocycles. The van der Waals surface area contributed by atoms with E-state index in [0.717, 1.165) is 30.9 Å². The summed E-state index contributed by atoms with van der Waals surface area (Å²) in [4.78, 5) is 0. The van der Waals surface area contributed by atoms with Gasteiger partial charge >= 0.3 is 0 Å². The zero-order valence-corrected chi connectivity index (χ0v) is 9.74. The lowest BCUT2D eigenvalue weighted by Crippen LogP contribution is -2.22. The molecule has 0 aromatic heterocycles. The first-order chi connectivity index (χ1) is 7.43. The van der Waals surface area contributed by atoms with Crippen LogP contribution in [0.5, 0.6) is 0 Å². The number of rotatable bonds is 3. The van der Waals surface area contributed by atoms with E-state index in [-0.39, 0.29) is 5.54 Å². The lowest BCUT2D eigenvalue weighted by molar-refractivity contribution is 0.556. The second-order valence-corrected chi connectivity index (χ2v) is 4.93. The summed E-state index contributed by atoms with van der Waals surface area (Å²) in [6, 6.07) is 0.962. The van der Waals surface area contributed by atoms with Gasteiger partial charge in [-0.3, -0.25) is 0 Å². The van der Waals surface area contributed by atoms with E-state index >= 15 is 0 Å². The predicted octanol–water partition coefficient (Wildman–Crippen LogP) is 3.01. The van der Waals surface area contributed by atoms with Gasteiger partial charge in [0.05, 0.1) is 0 Å². The number of hydrogen-bond donors (Lipinski definition) is 1. The Morgan fingerprint density at radius 1 is 1.19 bits per heavy atom. The summed E-state index contributed by atoms with van der Waals surface area (Å²) in [6.07, 6.45) is 3.55. The molecule has 0 amide bonds. The van der Waals surface area contributed by atoms with Crippen molar-refractivity contribution in [2.24, 2.45) is 5.73 Å². The minimum Gasteiger partial charge on any atom is -0.325 e. The number of nitrogens with two attached hydrogens (primary N) is 1. The molecule has 1 aromatic rings. The molecule has 1 fully saturated rings. The Morgan fingerprint density at radius 2 is 1.69 bits per heavy atom. The standard InChI is InChI=1S/C13H17F2N/c1-8-10(3-4-13(16)5-6-13)9(2)12(15)7-11(8)14/h7H,3-6,16H2,1-2H3. The lowest BCUT2D eigenvalue weighted by atomic mass is 9.95. The number of hydrogen-bond acceptors (Lipinski definition) is 1. The summed E-state index contributed by atoms with van der Waals surface area (Å²) in [5, 5.41) is 0. The van der Waals surface area contributed by atoms with Gasteiger partial charge in [0.1, 0.15) is 11.6 Å². The molecule has 3 heteroatoms. The van der Waals surface area contributed by atoms with Crippen molar-refractivity contribution in [2.75, 3.05) is 0 Å². The van der Waals surface area contributed by atoms with E-state index in [1.165, 1.54) is 0 Å². The van der Waals surface area contributed by atoms with Gasteiger partial charge in [-0.25, -0.2) is 8.78 Å². The number of benzene rings is 1. The molecule has 0 saturated heterocycles. The van der Waals surface area contributed by atoms with E-state index in [1.54, 1.807) is 13.8 Å². The third kappa shape index (κ3) is 2.09. The molecule has 1 aliphatic rings.